The number of hydrogen-bond acceptors (Lipinski definition) is 3. The van der Waals surface area contributed by atoms with Gasteiger partial charge in [0, 0.05) is 5.92 Å². The number of nitrogens with two attached hydrogens (primary N) is 1. The largest absolute Gasteiger partial charge is 0.481 e. The van der Waals surface area contributed by atoms with Crippen LogP contribution in [0.2, 0.25) is 0 Å². The van der Waals surface area contributed by atoms with Crippen LogP contribution in [0.3, 0.4) is 0 Å². The number of carbonyl (C=O) groups is 2. The molecular formula is C15H22N2O3. The molecule has 5 nitrogen and oxygen atoms in total. The summed E-state index contributed by atoms with van der Waals surface area (Å²) in [6.07, 6.45) is 1.36. The molecule has 1 aromatic carbocycles. The van der Waals surface area contributed by atoms with Crippen molar-refractivity contribution in [2.24, 2.45) is 11.7 Å². The lowest BCUT2D eigenvalue weighted by molar-refractivity contribution is -0.137. The van der Waals surface area contributed by atoms with E-state index in [1.54, 1.807) is 0 Å². The fraction of sp³-hybridized carbons (Fsp3) is 0.467. The van der Waals surface area contributed by atoms with Gasteiger partial charge in [-0.3, -0.25) is 9.59 Å². The Morgan fingerprint density at radius 1 is 1.30 bits per heavy atom. The second kappa shape index (κ2) is 8.32. The maximum absolute atomic E-state index is 12.1. The molecule has 0 spiro atoms. The standard InChI is InChI=1S/C15H22N2O3/c1-11(6-5-9-16)15(20)17-13(10-14(18)19)12-7-3-2-4-8-12/h2-4,7-8,11,13H,5-6,9-10,16H2,1H3,(H,17,20)(H,18,19). The summed E-state index contributed by atoms with van der Waals surface area (Å²) in [5.74, 6) is -1.24. The smallest absolute Gasteiger partial charge is 0.305 e. The van der Waals surface area contributed by atoms with E-state index in [0.717, 1.165) is 12.0 Å². The molecule has 0 saturated carbocycles. The Labute approximate surface area is 119 Å². The van der Waals surface area contributed by atoms with Crippen LogP contribution in [0.1, 0.15) is 37.8 Å². The normalized spacial score (nSPS) is 13.5. The summed E-state index contributed by atoms with van der Waals surface area (Å²) >= 11 is 0. The molecule has 5 heteroatoms. The van der Waals surface area contributed by atoms with Gasteiger partial charge < -0.3 is 16.2 Å². The third-order valence-electron chi connectivity index (χ3n) is 3.19. The number of rotatable bonds is 8. The first-order valence-electron chi connectivity index (χ1n) is 6.81. The van der Waals surface area contributed by atoms with Crippen molar-refractivity contribution in [1.82, 2.24) is 5.32 Å². The van der Waals surface area contributed by atoms with Crippen LogP contribution in [0.4, 0.5) is 0 Å². The van der Waals surface area contributed by atoms with Crippen molar-refractivity contribution in [3.8, 4) is 0 Å². The number of aliphatic carboxylic acids is 1. The first kappa shape index (κ1) is 16.2. The summed E-state index contributed by atoms with van der Waals surface area (Å²) in [5.41, 5.74) is 6.23. The minimum Gasteiger partial charge on any atom is -0.481 e. The zero-order valence-electron chi connectivity index (χ0n) is 11.7. The van der Waals surface area contributed by atoms with Crippen molar-refractivity contribution in [2.45, 2.75) is 32.2 Å². The monoisotopic (exact) mass is 278 g/mol. The Kier molecular flexibility index (Phi) is 6.73. The van der Waals surface area contributed by atoms with E-state index in [4.69, 9.17) is 10.8 Å². The predicted octanol–water partition coefficient (Wildman–Crippen LogP) is 1.69. The SMILES string of the molecule is CC(CCCN)C(=O)NC(CC(=O)O)c1ccccc1. The molecule has 0 aromatic heterocycles. The van der Waals surface area contributed by atoms with Crippen molar-refractivity contribution in [2.75, 3.05) is 6.54 Å². The van der Waals surface area contributed by atoms with E-state index < -0.39 is 12.0 Å². The molecule has 2 atom stereocenters. The molecule has 0 aliphatic heterocycles. The van der Waals surface area contributed by atoms with Crippen molar-refractivity contribution in [1.29, 1.82) is 0 Å². The van der Waals surface area contributed by atoms with Crippen LogP contribution < -0.4 is 11.1 Å². The molecule has 0 saturated heterocycles. The first-order valence-corrected chi connectivity index (χ1v) is 6.81. The summed E-state index contributed by atoms with van der Waals surface area (Å²) < 4.78 is 0. The molecule has 0 aliphatic rings. The summed E-state index contributed by atoms with van der Waals surface area (Å²) in [6.45, 7) is 2.38. The van der Waals surface area contributed by atoms with Gasteiger partial charge in [0.15, 0.2) is 0 Å². The Morgan fingerprint density at radius 3 is 2.50 bits per heavy atom. The van der Waals surface area contributed by atoms with Gasteiger partial charge in [0.25, 0.3) is 0 Å². The molecule has 0 fully saturated rings. The molecule has 0 aliphatic carbocycles. The number of nitrogens with one attached hydrogen (secondary N) is 1. The van der Waals surface area contributed by atoms with E-state index in [-0.39, 0.29) is 18.2 Å². The van der Waals surface area contributed by atoms with Gasteiger partial charge in [-0.1, -0.05) is 37.3 Å². The maximum atomic E-state index is 12.1. The fourth-order valence-electron chi connectivity index (χ4n) is 1.98. The quantitative estimate of drug-likeness (QED) is 0.674. The van der Waals surface area contributed by atoms with Crippen LogP contribution in [-0.2, 0) is 9.59 Å². The van der Waals surface area contributed by atoms with Crippen molar-refractivity contribution in [3.63, 3.8) is 0 Å². The lowest BCUT2D eigenvalue weighted by Gasteiger charge is -2.20. The van der Waals surface area contributed by atoms with Gasteiger partial charge in [0.05, 0.1) is 12.5 Å². The molecule has 0 heterocycles. The van der Waals surface area contributed by atoms with Gasteiger partial charge in [0.1, 0.15) is 0 Å². The number of carbonyl (C=O) groups excluding carboxylic acids is 1. The van der Waals surface area contributed by atoms with Crippen LogP contribution in [0.5, 0.6) is 0 Å². The molecule has 0 bridgehead atoms. The van der Waals surface area contributed by atoms with E-state index in [2.05, 4.69) is 5.32 Å². The highest BCUT2D eigenvalue weighted by atomic mass is 16.4. The van der Waals surface area contributed by atoms with E-state index in [0.29, 0.717) is 13.0 Å². The van der Waals surface area contributed by atoms with Crippen LogP contribution in [-0.4, -0.2) is 23.5 Å². The van der Waals surface area contributed by atoms with Gasteiger partial charge in [0.2, 0.25) is 5.91 Å². The van der Waals surface area contributed by atoms with Crippen molar-refractivity contribution in [3.05, 3.63) is 35.9 Å². The molecule has 1 aromatic rings. The van der Waals surface area contributed by atoms with E-state index in [1.807, 2.05) is 37.3 Å². The van der Waals surface area contributed by atoms with E-state index in [9.17, 15) is 9.59 Å². The highest BCUT2D eigenvalue weighted by molar-refractivity contribution is 5.79. The summed E-state index contributed by atoms with van der Waals surface area (Å²) in [6, 6.07) is 8.65. The summed E-state index contributed by atoms with van der Waals surface area (Å²) in [5, 5.41) is 11.8. The average molecular weight is 278 g/mol. The topological polar surface area (TPSA) is 92.4 Å². The predicted molar refractivity (Wildman–Crippen MR) is 77.0 cm³/mol. The lowest BCUT2D eigenvalue weighted by atomic mass is 10.0. The maximum Gasteiger partial charge on any atom is 0.305 e. The molecular weight excluding hydrogens is 256 g/mol. The van der Waals surface area contributed by atoms with Gasteiger partial charge in [-0.05, 0) is 24.9 Å². The van der Waals surface area contributed by atoms with Crippen molar-refractivity contribution < 1.29 is 14.7 Å². The van der Waals surface area contributed by atoms with Gasteiger partial charge in [-0.2, -0.15) is 0 Å². The number of amides is 1. The van der Waals surface area contributed by atoms with Crippen LogP contribution >= 0.6 is 0 Å². The third kappa shape index (κ3) is 5.40. The van der Waals surface area contributed by atoms with E-state index in [1.165, 1.54) is 0 Å². The first-order chi connectivity index (χ1) is 9.54. The zero-order valence-corrected chi connectivity index (χ0v) is 11.7. The number of carboxylic acid groups (broad SMARTS) is 1. The van der Waals surface area contributed by atoms with Gasteiger partial charge in [-0.25, -0.2) is 0 Å². The van der Waals surface area contributed by atoms with Crippen LogP contribution in [0.25, 0.3) is 0 Å². The molecule has 20 heavy (non-hydrogen) atoms. The fourth-order valence-corrected chi connectivity index (χ4v) is 1.98. The Morgan fingerprint density at radius 2 is 1.95 bits per heavy atom. The zero-order chi connectivity index (χ0) is 15.0. The molecule has 0 radical (unpaired) electrons. The highest BCUT2D eigenvalue weighted by Gasteiger charge is 2.20. The Bertz CT molecular complexity index is 434. The van der Waals surface area contributed by atoms with Gasteiger partial charge >= 0.3 is 5.97 Å². The molecule has 110 valence electrons. The molecule has 1 amide bonds. The molecule has 4 N–H and O–H groups in total. The van der Waals surface area contributed by atoms with Gasteiger partial charge in [-0.15, -0.1) is 0 Å². The second-order valence-electron chi connectivity index (χ2n) is 4.90. The van der Waals surface area contributed by atoms with Crippen LogP contribution in [0, 0.1) is 5.92 Å². The number of hydrogen-bond donors (Lipinski definition) is 3. The van der Waals surface area contributed by atoms with Crippen LogP contribution in [0.15, 0.2) is 30.3 Å². The Hall–Kier alpha value is -1.88. The number of carboxylic acids is 1. The minimum atomic E-state index is -0.936. The molecule has 1 rings (SSSR count). The van der Waals surface area contributed by atoms with Crippen molar-refractivity contribution >= 4 is 11.9 Å². The second-order valence-corrected chi connectivity index (χ2v) is 4.90. The lowest BCUT2D eigenvalue weighted by Crippen LogP contribution is -2.34. The molecule has 2 unspecified atom stereocenters. The Balaban J connectivity index is 2.70. The highest BCUT2D eigenvalue weighted by Crippen LogP contribution is 2.18. The number of benzene rings is 1. The minimum absolute atomic E-state index is 0.126. The average Bonchev–Trinajstić information content (AvgIpc) is 2.44. The summed E-state index contributed by atoms with van der Waals surface area (Å²) in [4.78, 5) is 23.0. The third-order valence-corrected chi connectivity index (χ3v) is 3.19. The van der Waals surface area contributed by atoms with E-state index >= 15 is 0 Å². The summed E-state index contributed by atoms with van der Waals surface area (Å²) in [7, 11) is 0.